The Balaban J connectivity index is 2.08. The standard InChI is InChI=1S/C16H19Br/c1-2-3-8-16(17)12-13-9-10-14-6-4-5-7-15(14)11-13/h4-7,9-11,16H,2-3,8,12H2,1H3. The Bertz CT molecular complexity index is 476. The molecule has 0 spiro atoms. The van der Waals surface area contributed by atoms with Gasteiger partial charge < -0.3 is 0 Å². The molecule has 1 atom stereocenters. The van der Waals surface area contributed by atoms with Gasteiger partial charge in [0.15, 0.2) is 0 Å². The van der Waals surface area contributed by atoms with Crippen LogP contribution in [0.1, 0.15) is 31.7 Å². The minimum atomic E-state index is 0.614. The number of benzene rings is 2. The number of fused-ring (bicyclic) bond motifs is 1. The third kappa shape index (κ3) is 3.57. The normalized spacial score (nSPS) is 12.8. The predicted octanol–water partition coefficient (Wildman–Crippen LogP) is 5.34. The molecule has 0 N–H and O–H groups in total. The highest BCUT2D eigenvalue weighted by Crippen LogP contribution is 2.20. The summed E-state index contributed by atoms with van der Waals surface area (Å²) in [5.41, 5.74) is 1.43. The molecule has 0 aliphatic carbocycles. The smallest absolute Gasteiger partial charge is 0.0186 e. The van der Waals surface area contributed by atoms with Gasteiger partial charge in [0, 0.05) is 4.83 Å². The molecule has 0 aliphatic heterocycles. The molecule has 0 radical (unpaired) electrons. The van der Waals surface area contributed by atoms with E-state index in [1.54, 1.807) is 0 Å². The quantitative estimate of drug-likeness (QED) is 0.653. The number of unbranched alkanes of at least 4 members (excludes halogenated alkanes) is 1. The van der Waals surface area contributed by atoms with E-state index in [1.165, 1.54) is 35.6 Å². The van der Waals surface area contributed by atoms with Crippen molar-refractivity contribution < 1.29 is 0 Å². The third-order valence-corrected chi connectivity index (χ3v) is 3.92. The lowest BCUT2D eigenvalue weighted by atomic mass is 10.0. The van der Waals surface area contributed by atoms with Crippen LogP contribution in [0.4, 0.5) is 0 Å². The van der Waals surface area contributed by atoms with Gasteiger partial charge in [-0.1, -0.05) is 78.2 Å². The second-order valence-corrected chi connectivity index (χ2v) is 5.92. The highest BCUT2D eigenvalue weighted by molar-refractivity contribution is 9.09. The largest absolute Gasteiger partial charge is 0.0887 e. The van der Waals surface area contributed by atoms with Gasteiger partial charge >= 0.3 is 0 Å². The molecule has 2 aromatic carbocycles. The van der Waals surface area contributed by atoms with Crippen LogP contribution in [0.2, 0.25) is 0 Å². The van der Waals surface area contributed by atoms with Crippen LogP contribution in [-0.2, 0) is 6.42 Å². The number of hydrogen-bond donors (Lipinski definition) is 0. The van der Waals surface area contributed by atoms with Crippen LogP contribution in [0.15, 0.2) is 42.5 Å². The molecule has 1 heteroatoms. The average molecular weight is 291 g/mol. The maximum absolute atomic E-state index is 3.78. The summed E-state index contributed by atoms with van der Waals surface area (Å²) < 4.78 is 0. The molecule has 2 rings (SSSR count). The van der Waals surface area contributed by atoms with Gasteiger partial charge in [0.05, 0.1) is 0 Å². The van der Waals surface area contributed by atoms with Crippen molar-refractivity contribution in [2.24, 2.45) is 0 Å². The van der Waals surface area contributed by atoms with Crippen molar-refractivity contribution in [3.8, 4) is 0 Å². The number of alkyl halides is 1. The first kappa shape index (κ1) is 12.6. The Kier molecular flexibility index (Phi) is 4.61. The number of rotatable bonds is 5. The van der Waals surface area contributed by atoms with Crippen molar-refractivity contribution in [3.05, 3.63) is 48.0 Å². The lowest BCUT2D eigenvalue weighted by Gasteiger charge is -2.09. The predicted molar refractivity (Wildman–Crippen MR) is 79.9 cm³/mol. The highest BCUT2D eigenvalue weighted by Gasteiger charge is 2.05. The van der Waals surface area contributed by atoms with Crippen molar-refractivity contribution in [2.45, 2.75) is 37.4 Å². The SMILES string of the molecule is CCCCC(Br)Cc1ccc2ccccc2c1. The van der Waals surface area contributed by atoms with Gasteiger partial charge in [-0.05, 0) is 29.2 Å². The van der Waals surface area contributed by atoms with Gasteiger partial charge in [-0.15, -0.1) is 0 Å². The molecule has 0 saturated heterocycles. The molecule has 90 valence electrons. The van der Waals surface area contributed by atoms with Crippen LogP contribution in [0.25, 0.3) is 10.8 Å². The lowest BCUT2D eigenvalue weighted by Crippen LogP contribution is -2.02. The van der Waals surface area contributed by atoms with Crippen molar-refractivity contribution in [3.63, 3.8) is 0 Å². The summed E-state index contributed by atoms with van der Waals surface area (Å²) in [6, 6.07) is 15.4. The summed E-state index contributed by atoms with van der Waals surface area (Å²) in [5.74, 6) is 0. The molecule has 0 bridgehead atoms. The second kappa shape index (κ2) is 6.20. The fourth-order valence-electron chi connectivity index (χ4n) is 2.15. The van der Waals surface area contributed by atoms with Gasteiger partial charge in [-0.25, -0.2) is 0 Å². The van der Waals surface area contributed by atoms with E-state index in [4.69, 9.17) is 0 Å². The number of halogens is 1. The van der Waals surface area contributed by atoms with E-state index in [0.717, 1.165) is 6.42 Å². The fraction of sp³-hybridized carbons (Fsp3) is 0.375. The summed E-state index contributed by atoms with van der Waals surface area (Å²) in [5, 5.41) is 2.68. The van der Waals surface area contributed by atoms with Crippen LogP contribution in [0.3, 0.4) is 0 Å². The summed E-state index contributed by atoms with van der Waals surface area (Å²) >= 11 is 3.78. The average Bonchev–Trinajstić information content (AvgIpc) is 2.36. The van der Waals surface area contributed by atoms with Crippen molar-refractivity contribution in [2.75, 3.05) is 0 Å². The van der Waals surface area contributed by atoms with Gasteiger partial charge in [0.2, 0.25) is 0 Å². The molecule has 17 heavy (non-hydrogen) atoms. The Hall–Kier alpha value is -0.820. The van der Waals surface area contributed by atoms with Gasteiger partial charge in [-0.3, -0.25) is 0 Å². The summed E-state index contributed by atoms with van der Waals surface area (Å²) in [6.07, 6.45) is 4.98. The molecule has 1 unspecified atom stereocenters. The molecule has 0 fully saturated rings. The van der Waals surface area contributed by atoms with Crippen LogP contribution in [0, 0.1) is 0 Å². The summed E-state index contributed by atoms with van der Waals surface area (Å²) in [4.78, 5) is 0.614. The third-order valence-electron chi connectivity index (χ3n) is 3.14. The fourth-order valence-corrected chi connectivity index (χ4v) is 2.85. The van der Waals surface area contributed by atoms with Crippen LogP contribution in [-0.4, -0.2) is 4.83 Å². The molecule has 0 heterocycles. The summed E-state index contributed by atoms with van der Waals surface area (Å²) in [6.45, 7) is 2.25. The molecule has 2 aromatic rings. The Morgan fingerprint density at radius 2 is 1.82 bits per heavy atom. The molecule has 0 aromatic heterocycles. The van der Waals surface area contributed by atoms with E-state index >= 15 is 0 Å². The van der Waals surface area contributed by atoms with E-state index < -0.39 is 0 Å². The van der Waals surface area contributed by atoms with Crippen LogP contribution >= 0.6 is 15.9 Å². The highest BCUT2D eigenvalue weighted by atomic mass is 79.9. The maximum Gasteiger partial charge on any atom is 0.0186 e. The lowest BCUT2D eigenvalue weighted by molar-refractivity contribution is 0.688. The monoisotopic (exact) mass is 290 g/mol. The first-order chi connectivity index (χ1) is 8.29. The molecule has 0 nitrogen and oxygen atoms in total. The van der Waals surface area contributed by atoms with Crippen LogP contribution < -0.4 is 0 Å². The molecule has 0 amide bonds. The van der Waals surface area contributed by atoms with Gasteiger partial charge in [0.25, 0.3) is 0 Å². The molecule has 0 aliphatic rings. The van der Waals surface area contributed by atoms with E-state index in [0.29, 0.717) is 4.83 Å². The van der Waals surface area contributed by atoms with E-state index in [-0.39, 0.29) is 0 Å². The number of hydrogen-bond acceptors (Lipinski definition) is 0. The van der Waals surface area contributed by atoms with Crippen molar-refractivity contribution >= 4 is 26.7 Å². The molecular formula is C16H19Br. The van der Waals surface area contributed by atoms with Crippen molar-refractivity contribution in [1.29, 1.82) is 0 Å². The van der Waals surface area contributed by atoms with E-state index in [9.17, 15) is 0 Å². The Labute approximate surface area is 112 Å². The van der Waals surface area contributed by atoms with Crippen molar-refractivity contribution in [1.82, 2.24) is 0 Å². The minimum Gasteiger partial charge on any atom is -0.0887 e. The van der Waals surface area contributed by atoms with Gasteiger partial charge in [-0.2, -0.15) is 0 Å². The minimum absolute atomic E-state index is 0.614. The first-order valence-corrected chi connectivity index (χ1v) is 7.33. The Morgan fingerprint density at radius 3 is 2.59 bits per heavy atom. The van der Waals surface area contributed by atoms with E-state index in [2.05, 4.69) is 65.3 Å². The zero-order chi connectivity index (χ0) is 12.1. The topological polar surface area (TPSA) is 0 Å². The zero-order valence-corrected chi connectivity index (χ0v) is 11.9. The first-order valence-electron chi connectivity index (χ1n) is 6.41. The van der Waals surface area contributed by atoms with E-state index in [1.807, 2.05) is 0 Å². The zero-order valence-electron chi connectivity index (χ0n) is 10.3. The van der Waals surface area contributed by atoms with Gasteiger partial charge in [0.1, 0.15) is 0 Å². The second-order valence-electron chi connectivity index (χ2n) is 4.63. The Morgan fingerprint density at radius 1 is 1.06 bits per heavy atom. The maximum atomic E-state index is 3.78. The van der Waals surface area contributed by atoms with Crippen LogP contribution in [0.5, 0.6) is 0 Å². The summed E-state index contributed by atoms with van der Waals surface area (Å²) in [7, 11) is 0. The molecular weight excluding hydrogens is 272 g/mol. The molecule has 0 saturated carbocycles.